The molecule has 0 aliphatic rings. The summed E-state index contributed by atoms with van der Waals surface area (Å²) in [4.78, 5) is 1.96. The van der Waals surface area contributed by atoms with Gasteiger partial charge in [0.1, 0.15) is 0 Å². The number of halogens is 1. The van der Waals surface area contributed by atoms with E-state index in [9.17, 15) is 0 Å². The first-order valence-electron chi connectivity index (χ1n) is 2.10. The van der Waals surface area contributed by atoms with Gasteiger partial charge < -0.3 is 5.11 Å². The first-order valence-corrected chi connectivity index (χ1v) is 3.34. The highest BCUT2D eigenvalue weighted by molar-refractivity contribution is 14.1. The van der Waals surface area contributed by atoms with Gasteiger partial charge in [-0.3, -0.25) is 4.90 Å². The smallest absolute Gasteiger partial charge is 0.0847 e. The van der Waals surface area contributed by atoms with Crippen LogP contribution < -0.4 is 0 Å². The minimum absolute atomic E-state index is 0.230. The summed E-state index contributed by atoms with van der Waals surface area (Å²) in [6.07, 6.45) is 0. The largest absolute Gasteiger partial charge is 0.394 e. The Hall–Kier alpha value is 0.650. The lowest BCUT2D eigenvalue weighted by Crippen LogP contribution is -2.24. The molecule has 0 saturated carbocycles. The fourth-order valence-electron chi connectivity index (χ4n) is 0.163. The molecule has 0 unspecified atom stereocenters. The molecule has 2 nitrogen and oxygen atoms in total. The third-order valence-corrected chi connectivity index (χ3v) is 2.22. The van der Waals surface area contributed by atoms with Gasteiger partial charge in [-0.25, -0.2) is 0 Å². The van der Waals surface area contributed by atoms with E-state index >= 15 is 0 Å². The van der Waals surface area contributed by atoms with E-state index < -0.39 is 0 Å². The number of likely N-dealkylation sites (N-methyl/N-ethyl adjacent to an activating group) is 1. The molecular formula is C4H10INO. The van der Waals surface area contributed by atoms with Gasteiger partial charge in [0.25, 0.3) is 0 Å². The van der Waals surface area contributed by atoms with E-state index in [0.29, 0.717) is 0 Å². The van der Waals surface area contributed by atoms with E-state index in [0.717, 1.165) is 0 Å². The Labute approximate surface area is 57.6 Å². The van der Waals surface area contributed by atoms with Crippen molar-refractivity contribution < 1.29 is 5.11 Å². The van der Waals surface area contributed by atoms with Gasteiger partial charge in [-0.2, -0.15) is 0 Å². The topological polar surface area (TPSA) is 23.5 Å². The Bertz CT molecular complexity index is 49.0. The second-order valence-corrected chi connectivity index (χ2v) is 3.02. The molecule has 0 aromatic rings. The summed E-state index contributed by atoms with van der Waals surface area (Å²) in [5, 5.41) is 8.46. The molecule has 1 N–H and O–H groups in total. The fraction of sp³-hybridized carbons (Fsp3) is 1.00. The van der Waals surface area contributed by atoms with Crippen LogP contribution in [0.4, 0.5) is 0 Å². The van der Waals surface area contributed by atoms with Crippen molar-refractivity contribution in [2.75, 3.05) is 20.7 Å². The quantitative estimate of drug-likeness (QED) is 0.407. The molecule has 0 radical (unpaired) electrons. The van der Waals surface area contributed by atoms with Crippen LogP contribution in [-0.2, 0) is 0 Å². The predicted octanol–water partition coefficient (Wildman–Crippen LogP) is 0.301. The molecule has 0 saturated heterocycles. The summed E-state index contributed by atoms with van der Waals surface area (Å²) in [5.41, 5.74) is 0. The number of rotatable bonds is 2. The lowest BCUT2D eigenvalue weighted by Gasteiger charge is -2.13. The third kappa shape index (κ3) is 3.25. The van der Waals surface area contributed by atoms with Crippen LogP contribution in [0.2, 0.25) is 0 Å². The minimum atomic E-state index is 0.230. The highest BCUT2D eigenvalue weighted by Gasteiger charge is 2.00. The zero-order valence-electron chi connectivity index (χ0n) is 4.56. The summed E-state index contributed by atoms with van der Waals surface area (Å²) in [6, 6.07) is 0. The number of hydrogen-bond acceptors (Lipinski definition) is 2. The van der Waals surface area contributed by atoms with Crippen molar-refractivity contribution in [1.29, 1.82) is 0 Å². The maximum atomic E-state index is 8.46. The molecule has 0 aliphatic carbocycles. The van der Waals surface area contributed by atoms with Gasteiger partial charge in [-0.15, -0.1) is 0 Å². The van der Waals surface area contributed by atoms with E-state index in [2.05, 4.69) is 22.6 Å². The highest BCUT2D eigenvalue weighted by atomic mass is 127. The summed E-state index contributed by atoms with van der Waals surface area (Å²) in [7, 11) is 3.88. The van der Waals surface area contributed by atoms with Gasteiger partial charge in [-0.05, 0) is 14.1 Å². The monoisotopic (exact) mass is 215 g/mol. The lowest BCUT2D eigenvalue weighted by atomic mass is 10.6. The SMILES string of the molecule is CN(C)[C@H](I)CO. The summed E-state index contributed by atoms with van der Waals surface area (Å²) in [6.45, 7) is 0.230. The molecule has 0 rings (SSSR count). The standard InChI is InChI=1S/C4H10INO/c1-6(2)4(5)3-7/h4,7H,3H2,1-2H3/t4-/m0/s1. The molecule has 3 heteroatoms. The zero-order chi connectivity index (χ0) is 5.86. The molecule has 0 aromatic carbocycles. The predicted molar refractivity (Wildman–Crippen MR) is 38.6 cm³/mol. The molecule has 0 aromatic heterocycles. The number of hydrogen-bond donors (Lipinski definition) is 1. The van der Waals surface area contributed by atoms with E-state index in [4.69, 9.17) is 5.11 Å². The first kappa shape index (κ1) is 7.65. The number of aliphatic hydroxyl groups is 1. The Morgan fingerprint density at radius 3 is 2.14 bits per heavy atom. The summed E-state index contributed by atoms with van der Waals surface area (Å²) < 4.78 is 0.262. The molecule has 0 bridgehead atoms. The van der Waals surface area contributed by atoms with Crippen molar-refractivity contribution in [2.45, 2.75) is 4.05 Å². The van der Waals surface area contributed by atoms with Crippen LogP contribution in [0.1, 0.15) is 0 Å². The summed E-state index contributed by atoms with van der Waals surface area (Å²) >= 11 is 2.17. The molecule has 0 amide bonds. The van der Waals surface area contributed by atoms with Crippen LogP contribution in [0.5, 0.6) is 0 Å². The third-order valence-electron chi connectivity index (χ3n) is 0.711. The van der Waals surface area contributed by atoms with E-state index in [1.54, 1.807) is 0 Å². The van der Waals surface area contributed by atoms with Crippen molar-refractivity contribution in [3.05, 3.63) is 0 Å². The lowest BCUT2D eigenvalue weighted by molar-refractivity contribution is 0.232. The van der Waals surface area contributed by atoms with Crippen LogP contribution in [0.25, 0.3) is 0 Å². The van der Waals surface area contributed by atoms with Gasteiger partial charge in [0.05, 0.1) is 10.7 Å². The van der Waals surface area contributed by atoms with Crippen LogP contribution in [0, 0.1) is 0 Å². The van der Waals surface area contributed by atoms with Crippen molar-refractivity contribution in [2.24, 2.45) is 0 Å². The fourth-order valence-corrected chi connectivity index (χ4v) is 0.163. The van der Waals surface area contributed by atoms with Crippen molar-refractivity contribution in [3.63, 3.8) is 0 Å². The normalized spacial score (nSPS) is 15.0. The molecule has 7 heavy (non-hydrogen) atoms. The van der Waals surface area contributed by atoms with Crippen molar-refractivity contribution in [3.8, 4) is 0 Å². The van der Waals surface area contributed by atoms with E-state index in [1.807, 2.05) is 19.0 Å². The maximum Gasteiger partial charge on any atom is 0.0847 e. The average molecular weight is 215 g/mol. The van der Waals surface area contributed by atoms with Crippen LogP contribution >= 0.6 is 22.6 Å². The van der Waals surface area contributed by atoms with Gasteiger partial charge in [0.15, 0.2) is 0 Å². The molecule has 0 heterocycles. The number of alkyl halides is 1. The Morgan fingerprint density at radius 2 is 2.14 bits per heavy atom. The van der Waals surface area contributed by atoms with Crippen LogP contribution in [0.15, 0.2) is 0 Å². The molecular weight excluding hydrogens is 205 g/mol. The van der Waals surface area contributed by atoms with Crippen LogP contribution in [0.3, 0.4) is 0 Å². The average Bonchev–Trinajstić information content (AvgIpc) is 1.65. The molecule has 0 aliphatic heterocycles. The second kappa shape index (κ2) is 3.63. The Morgan fingerprint density at radius 1 is 1.71 bits per heavy atom. The number of nitrogens with zero attached hydrogens (tertiary/aromatic N) is 1. The zero-order valence-corrected chi connectivity index (χ0v) is 6.71. The van der Waals surface area contributed by atoms with Gasteiger partial charge >= 0.3 is 0 Å². The first-order chi connectivity index (χ1) is 3.18. The second-order valence-electron chi connectivity index (χ2n) is 1.58. The molecule has 0 spiro atoms. The molecule has 0 fully saturated rings. The molecule has 1 atom stereocenters. The van der Waals surface area contributed by atoms with Gasteiger partial charge in [-0.1, -0.05) is 22.6 Å². The Kier molecular flexibility index (Phi) is 3.96. The maximum absolute atomic E-state index is 8.46. The summed E-state index contributed by atoms with van der Waals surface area (Å²) in [5.74, 6) is 0. The highest BCUT2D eigenvalue weighted by Crippen LogP contribution is 1.99. The van der Waals surface area contributed by atoms with Crippen molar-refractivity contribution in [1.82, 2.24) is 4.90 Å². The van der Waals surface area contributed by atoms with Crippen molar-refractivity contribution >= 4 is 22.6 Å². The van der Waals surface area contributed by atoms with E-state index in [1.165, 1.54) is 0 Å². The van der Waals surface area contributed by atoms with Gasteiger partial charge in [0, 0.05) is 0 Å². The van der Waals surface area contributed by atoms with Gasteiger partial charge in [0.2, 0.25) is 0 Å². The molecule has 44 valence electrons. The van der Waals surface area contributed by atoms with Crippen LogP contribution in [-0.4, -0.2) is 34.8 Å². The van der Waals surface area contributed by atoms with E-state index in [-0.39, 0.29) is 10.7 Å². The minimum Gasteiger partial charge on any atom is -0.394 e. The Balaban J connectivity index is 3.14. The number of aliphatic hydroxyl groups excluding tert-OH is 1.